The first-order chi connectivity index (χ1) is 15.3. The predicted molar refractivity (Wildman–Crippen MR) is 121 cm³/mol. The lowest BCUT2D eigenvalue weighted by molar-refractivity contribution is 0.0341. The monoisotopic (exact) mass is 419 g/mol. The molecule has 0 aliphatic carbocycles. The van der Waals surface area contributed by atoms with E-state index in [0.717, 1.165) is 81.4 Å². The number of carbonyl (C=O) groups is 1. The van der Waals surface area contributed by atoms with Crippen LogP contribution < -0.4 is 4.90 Å². The van der Waals surface area contributed by atoms with E-state index in [1.54, 1.807) is 0 Å². The highest BCUT2D eigenvalue weighted by atomic mass is 16.5. The van der Waals surface area contributed by atoms with Gasteiger partial charge in [-0.05, 0) is 36.2 Å². The number of aromatic amines is 1. The van der Waals surface area contributed by atoms with Gasteiger partial charge >= 0.3 is 0 Å². The Labute approximate surface area is 182 Å². The molecule has 0 spiro atoms. The van der Waals surface area contributed by atoms with Gasteiger partial charge in [-0.25, -0.2) is 4.98 Å². The van der Waals surface area contributed by atoms with Gasteiger partial charge in [0.2, 0.25) is 5.95 Å². The van der Waals surface area contributed by atoms with Crippen molar-refractivity contribution >= 4 is 22.9 Å². The van der Waals surface area contributed by atoms with Crippen LogP contribution in [0.25, 0.3) is 11.0 Å². The van der Waals surface area contributed by atoms with Crippen LogP contribution in [-0.2, 0) is 11.3 Å². The Morgan fingerprint density at radius 2 is 1.84 bits per heavy atom. The van der Waals surface area contributed by atoms with Crippen LogP contribution in [0.2, 0.25) is 0 Å². The smallest absolute Gasteiger partial charge is 0.253 e. The van der Waals surface area contributed by atoms with Gasteiger partial charge in [-0.15, -0.1) is 0 Å². The molecule has 1 N–H and O–H groups in total. The summed E-state index contributed by atoms with van der Waals surface area (Å²) in [5.41, 5.74) is 3.99. The molecule has 7 heteroatoms. The van der Waals surface area contributed by atoms with Crippen LogP contribution in [0.3, 0.4) is 0 Å². The molecular weight excluding hydrogens is 390 g/mol. The number of aromatic nitrogens is 2. The number of nitrogens with zero attached hydrogens (tertiary/aromatic N) is 4. The van der Waals surface area contributed by atoms with Gasteiger partial charge in [0, 0.05) is 51.4 Å². The summed E-state index contributed by atoms with van der Waals surface area (Å²) in [6.45, 7) is 7.46. The Kier molecular flexibility index (Phi) is 5.86. The number of benzene rings is 2. The van der Waals surface area contributed by atoms with E-state index in [1.807, 2.05) is 41.3 Å². The molecule has 5 rings (SSSR count). The molecule has 31 heavy (non-hydrogen) atoms. The normalized spacial score (nSPS) is 18.3. The Morgan fingerprint density at radius 3 is 2.71 bits per heavy atom. The number of morpholine rings is 1. The molecule has 3 aromatic rings. The number of hydrogen-bond donors (Lipinski definition) is 1. The number of fused-ring (bicyclic) bond motifs is 1. The van der Waals surface area contributed by atoms with Gasteiger partial charge in [-0.2, -0.15) is 0 Å². The van der Waals surface area contributed by atoms with Crippen LogP contribution in [0.15, 0.2) is 48.5 Å². The lowest BCUT2D eigenvalue weighted by atomic mass is 10.1. The topological polar surface area (TPSA) is 64.7 Å². The minimum Gasteiger partial charge on any atom is -0.379 e. The van der Waals surface area contributed by atoms with E-state index < -0.39 is 0 Å². The average molecular weight is 420 g/mol. The van der Waals surface area contributed by atoms with E-state index in [-0.39, 0.29) is 5.91 Å². The molecule has 2 saturated heterocycles. The molecular formula is C24H29N5O2. The second kappa shape index (κ2) is 9.08. The van der Waals surface area contributed by atoms with Crippen molar-refractivity contribution in [3.05, 3.63) is 59.7 Å². The SMILES string of the molecule is O=C(c1cccc(CN2CCOCC2)c1)N1CCCN(c2nc3ccccc3[nH]2)CC1. The first-order valence-corrected chi connectivity index (χ1v) is 11.1. The van der Waals surface area contributed by atoms with E-state index in [2.05, 4.69) is 26.9 Å². The molecule has 2 aliphatic heterocycles. The van der Waals surface area contributed by atoms with Crippen LogP contribution in [0, 0.1) is 0 Å². The Bertz CT molecular complexity index is 1010. The first-order valence-electron chi connectivity index (χ1n) is 11.1. The first kappa shape index (κ1) is 20.0. The maximum atomic E-state index is 13.2. The summed E-state index contributed by atoms with van der Waals surface area (Å²) >= 11 is 0. The number of hydrogen-bond acceptors (Lipinski definition) is 5. The standard InChI is InChI=1S/C24H29N5O2/c30-23(20-6-3-5-19(17-20)18-27-13-15-31-16-14-27)28-9-4-10-29(12-11-28)24-25-21-7-1-2-8-22(21)26-24/h1-3,5-8,17H,4,9-16,18H2,(H,25,26). The zero-order valence-corrected chi connectivity index (χ0v) is 17.8. The second-order valence-corrected chi connectivity index (χ2v) is 8.30. The minimum absolute atomic E-state index is 0.121. The van der Waals surface area contributed by atoms with E-state index in [4.69, 9.17) is 9.72 Å². The van der Waals surface area contributed by atoms with Gasteiger partial charge in [-0.1, -0.05) is 24.3 Å². The molecule has 2 aliphatic rings. The highest BCUT2D eigenvalue weighted by Crippen LogP contribution is 2.19. The molecule has 0 bridgehead atoms. The van der Waals surface area contributed by atoms with Crippen molar-refractivity contribution in [3.8, 4) is 0 Å². The number of para-hydroxylation sites is 2. The molecule has 0 atom stereocenters. The molecule has 0 saturated carbocycles. The van der Waals surface area contributed by atoms with Crippen LogP contribution in [0.1, 0.15) is 22.3 Å². The molecule has 0 radical (unpaired) electrons. The second-order valence-electron chi connectivity index (χ2n) is 8.30. The number of imidazole rings is 1. The minimum atomic E-state index is 0.121. The number of nitrogens with one attached hydrogen (secondary N) is 1. The zero-order valence-electron chi connectivity index (χ0n) is 17.8. The Hall–Kier alpha value is -2.90. The van der Waals surface area contributed by atoms with Gasteiger partial charge in [-0.3, -0.25) is 9.69 Å². The number of ether oxygens (including phenoxy) is 1. The molecule has 7 nitrogen and oxygen atoms in total. The van der Waals surface area contributed by atoms with Gasteiger partial charge in [0.1, 0.15) is 0 Å². The largest absolute Gasteiger partial charge is 0.379 e. The summed E-state index contributed by atoms with van der Waals surface area (Å²) < 4.78 is 5.44. The van der Waals surface area contributed by atoms with Crippen molar-refractivity contribution in [2.45, 2.75) is 13.0 Å². The number of H-pyrrole nitrogens is 1. The highest BCUT2D eigenvalue weighted by Gasteiger charge is 2.22. The predicted octanol–water partition coefficient (Wildman–Crippen LogP) is 2.75. The van der Waals surface area contributed by atoms with Crippen LogP contribution in [-0.4, -0.2) is 78.2 Å². The van der Waals surface area contributed by atoms with Crippen LogP contribution in [0.5, 0.6) is 0 Å². The maximum Gasteiger partial charge on any atom is 0.253 e. The molecule has 2 aromatic carbocycles. The van der Waals surface area contributed by atoms with Crippen LogP contribution >= 0.6 is 0 Å². The average Bonchev–Trinajstić information content (AvgIpc) is 3.09. The fourth-order valence-corrected chi connectivity index (χ4v) is 4.42. The third-order valence-electron chi connectivity index (χ3n) is 6.14. The lowest BCUT2D eigenvalue weighted by Crippen LogP contribution is -2.36. The van der Waals surface area contributed by atoms with Gasteiger partial charge < -0.3 is 19.5 Å². The number of carbonyl (C=O) groups excluding carboxylic acids is 1. The van der Waals surface area contributed by atoms with Crippen molar-refractivity contribution in [2.75, 3.05) is 57.4 Å². The molecule has 3 heterocycles. The van der Waals surface area contributed by atoms with E-state index >= 15 is 0 Å². The number of anilines is 1. The molecule has 1 aromatic heterocycles. The fraction of sp³-hybridized carbons (Fsp3) is 0.417. The van der Waals surface area contributed by atoms with E-state index in [1.165, 1.54) is 5.56 Å². The molecule has 1 amide bonds. The van der Waals surface area contributed by atoms with Gasteiger partial charge in [0.15, 0.2) is 0 Å². The van der Waals surface area contributed by atoms with Crippen molar-refractivity contribution in [1.29, 1.82) is 0 Å². The van der Waals surface area contributed by atoms with Gasteiger partial charge in [0.05, 0.1) is 24.2 Å². The summed E-state index contributed by atoms with van der Waals surface area (Å²) in [5, 5.41) is 0. The zero-order chi connectivity index (χ0) is 21.0. The number of rotatable bonds is 4. The summed E-state index contributed by atoms with van der Waals surface area (Å²) in [7, 11) is 0. The van der Waals surface area contributed by atoms with Crippen LogP contribution in [0.4, 0.5) is 5.95 Å². The quantitative estimate of drug-likeness (QED) is 0.705. The summed E-state index contributed by atoms with van der Waals surface area (Å²) in [4.78, 5) is 28.0. The molecule has 162 valence electrons. The third kappa shape index (κ3) is 4.57. The van der Waals surface area contributed by atoms with Gasteiger partial charge in [0.25, 0.3) is 5.91 Å². The van der Waals surface area contributed by atoms with Crippen molar-refractivity contribution < 1.29 is 9.53 Å². The third-order valence-corrected chi connectivity index (χ3v) is 6.14. The highest BCUT2D eigenvalue weighted by molar-refractivity contribution is 5.94. The lowest BCUT2D eigenvalue weighted by Gasteiger charge is -2.27. The summed E-state index contributed by atoms with van der Waals surface area (Å²) in [5.74, 6) is 1.01. The summed E-state index contributed by atoms with van der Waals surface area (Å²) in [6, 6.07) is 16.2. The Balaban J connectivity index is 1.24. The van der Waals surface area contributed by atoms with Crippen molar-refractivity contribution in [1.82, 2.24) is 19.8 Å². The molecule has 2 fully saturated rings. The van der Waals surface area contributed by atoms with E-state index in [0.29, 0.717) is 6.54 Å². The molecule has 0 unspecified atom stereocenters. The fourth-order valence-electron chi connectivity index (χ4n) is 4.42. The summed E-state index contributed by atoms with van der Waals surface area (Å²) in [6.07, 6.45) is 0.927. The Morgan fingerprint density at radius 1 is 0.968 bits per heavy atom. The van der Waals surface area contributed by atoms with E-state index in [9.17, 15) is 4.79 Å². The maximum absolute atomic E-state index is 13.2. The number of amides is 1. The van der Waals surface area contributed by atoms with Crippen molar-refractivity contribution in [2.24, 2.45) is 0 Å². The van der Waals surface area contributed by atoms with Crippen molar-refractivity contribution in [3.63, 3.8) is 0 Å².